The minimum Gasteiger partial charge on any atom is -0.481 e. The normalized spacial score (nSPS) is 12.3. The number of carboxylic acid groups (broad SMARTS) is 1. The molecular weight excluding hydrogens is 222 g/mol. The summed E-state index contributed by atoms with van der Waals surface area (Å²) in [7, 11) is 0. The first-order valence-electron chi connectivity index (χ1n) is 5.31. The van der Waals surface area contributed by atoms with Gasteiger partial charge in [0.15, 0.2) is 0 Å². The van der Waals surface area contributed by atoms with E-state index in [1.165, 1.54) is 4.90 Å². The maximum absolute atomic E-state index is 10.4. The number of thioether (sulfide) groups is 1. The SMILES string of the molecule is CC(CC(=O)O)NCCSc1ccccc1. The van der Waals surface area contributed by atoms with E-state index in [4.69, 9.17) is 5.11 Å². The zero-order chi connectivity index (χ0) is 11.8. The summed E-state index contributed by atoms with van der Waals surface area (Å²) in [6.45, 7) is 2.72. The molecule has 0 fully saturated rings. The van der Waals surface area contributed by atoms with Crippen molar-refractivity contribution in [2.45, 2.75) is 24.3 Å². The quantitative estimate of drug-likeness (QED) is 0.566. The van der Waals surface area contributed by atoms with Crippen LogP contribution in [0.4, 0.5) is 0 Å². The highest BCUT2D eigenvalue weighted by atomic mass is 32.2. The molecule has 0 heterocycles. The number of carbonyl (C=O) groups is 1. The van der Waals surface area contributed by atoms with Gasteiger partial charge < -0.3 is 10.4 Å². The van der Waals surface area contributed by atoms with Crippen molar-refractivity contribution in [3.63, 3.8) is 0 Å². The molecule has 1 unspecified atom stereocenters. The molecule has 0 spiro atoms. The summed E-state index contributed by atoms with van der Waals surface area (Å²) in [5.41, 5.74) is 0. The van der Waals surface area contributed by atoms with E-state index in [0.29, 0.717) is 0 Å². The van der Waals surface area contributed by atoms with Gasteiger partial charge in [0.2, 0.25) is 0 Å². The Morgan fingerprint density at radius 3 is 2.75 bits per heavy atom. The predicted molar refractivity (Wildman–Crippen MR) is 66.9 cm³/mol. The Labute approximate surface area is 100 Å². The van der Waals surface area contributed by atoms with E-state index in [0.717, 1.165) is 12.3 Å². The van der Waals surface area contributed by atoms with Gasteiger partial charge in [-0.1, -0.05) is 18.2 Å². The van der Waals surface area contributed by atoms with Gasteiger partial charge in [-0.2, -0.15) is 0 Å². The predicted octanol–water partition coefficient (Wildman–Crippen LogP) is 2.23. The summed E-state index contributed by atoms with van der Waals surface area (Å²) in [4.78, 5) is 11.7. The highest BCUT2D eigenvalue weighted by molar-refractivity contribution is 7.99. The Balaban J connectivity index is 2.10. The average molecular weight is 239 g/mol. The Hall–Kier alpha value is -1.00. The Morgan fingerprint density at radius 2 is 2.12 bits per heavy atom. The molecule has 0 bridgehead atoms. The smallest absolute Gasteiger partial charge is 0.304 e. The van der Waals surface area contributed by atoms with E-state index in [1.54, 1.807) is 11.8 Å². The fraction of sp³-hybridized carbons (Fsp3) is 0.417. The van der Waals surface area contributed by atoms with E-state index in [2.05, 4.69) is 17.4 Å². The van der Waals surface area contributed by atoms with Crippen molar-refractivity contribution in [1.29, 1.82) is 0 Å². The number of hydrogen-bond donors (Lipinski definition) is 2. The van der Waals surface area contributed by atoms with Crippen LogP contribution in [0.5, 0.6) is 0 Å². The lowest BCUT2D eigenvalue weighted by Gasteiger charge is -2.10. The Kier molecular flexibility index (Phi) is 5.96. The Morgan fingerprint density at radius 1 is 1.44 bits per heavy atom. The molecule has 0 aliphatic rings. The molecule has 0 aliphatic carbocycles. The second-order valence-electron chi connectivity index (χ2n) is 3.61. The molecule has 1 atom stereocenters. The summed E-state index contributed by atoms with van der Waals surface area (Å²) in [6, 6.07) is 10.2. The molecule has 0 amide bonds. The third-order valence-corrected chi connectivity index (χ3v) is 3.10. The highest BCUT2D eigenvalue weighted by Crippen LogP contribution is 2.15. The third-order valence-electron chi connectivity index (χ3n) is 2.09. The van der Waals surface area contributed by atoms with Crippen LogP contribution in [0.15, 0.2) is 35.2 Å². The molecule has 1 aromatic carbocycles. The standard InChI is InChI=1S/C12H17NO2S/c1-10(9-12(14)15)13-7-8-16-11-5-3-2-4-6-11/h2-6,10,13H,7-9H2,1H3,(H,14,15). The van der Waals surface area contributed by atoms with Crippen LogP contribution in [0.25, 0.3) is 0 Å². The minimum atomic E-state index is -0.754. The minimum absolute atomic E-state index is 0.0360. The lowest BCUT2D eigenvalue weighted by molar-refractivity contribution is -0.137. The van der Waals surface area contributed by atoms with Gasteiger partial charge in [-0.05, 0) is 19.1 Å². The van der Waals surface area contributed by atoms with Crippen LogP contribution in [-0.2, 0) is 4.79 Å². The molecule has 16 heavy (non-hydrogen) atoms. The van der Waals surface area contributed by atoms with Crippen molar-refractivity contribution in [3.8, 4) is 0 Å². The van der Waals surface area contributed by atoms with Crippen LogP contribution >= 0.6 is 11.8 Å². The summed E-state index contributed by atoms with van der Waals surface area (Å²) in [5.74, 6) is 0.198. The third kappa shape index (κ3) is 5.78. The fourth-order valence-corrected chi connectivity index (χ4v) is 2.13. The molecular formula is C12H17NO2S. The van der Waals surface area contributed by atoms with Crippen molar-refractivity contribution in [1.82, 2.24) is 5.32 Å². The fourth-order valence-electron chi connectivity index (χ4n) is 1.33. The van der Waals surface area contributed by atoms with Crippen LogP contribution in [0.2, 0.25) is 0 Å². The van der Waals surface area contributed by atoms with Crippen LogP contribution in [0, 0.1) is 0 Å². The monoisotopic (exact) mass is 239 g/mol. The summed E-state index contributed by atoms with van der Waals surface area (Å²) in [6.07, 6.45) is 0.177. The van der Waals surface area contributed by atoms with E-state index in [9.17, 15) is 4.79 Å². The summed E-state index contributed by atoms with van der Waals surface area (Å²) in [5, 5.41) is 11.8. The maximum atomic E-state index is 10.4. The van der Waals surface area contributed by atoms with Gasteiger partial charge in [0.05, 0.1) is 6.42 Å². The lowest BCUT2D eigenvalue weighted by Crippen LogP contribution is -2.30. The van der Waals surface area contributed by atoms with Crippen molar-refractivity contribution >= 4 is 17.7 Å². The van der Waals surface area contributed by atoms with Crippen LogP contribution in [0.1, 0.15) is 13.3 Å². The topological polar surface area (TPSA) is 49.3 Å². The molecule has 2 N–H and O–H groups in total. The molecule has 1 rings (SSSR count). The number of rotatable bonds is 7. The molecule has 0 saturated heterocycles. The molecule has 0 saturated carbocycles. The van der Waals surface area contributed by atoms with Crippen molar-refractivity contribution in [2.75, 3.05) is 12.3 Å². The molecule has 0 radical (unpaired) electrons. The summed E-state index contributed by atoms with van der Waals surface area (Å²) >= 11 is 1.77. The zero-order valence-corrected chi connectivity index (χ0v) is 10.2. The van der Waals surface area contributed by atoms with E-state index >= 15 is 0 Å². The first-order valence-corrected chi connectivity index (χ1v) is 6.30. The van der Waals surface area contributed by atoms with Crippen LogP contribution in [0.3, 0.4) is 0 Å². The first kappa shape index (κ1) is 13.1. The largest absolute Gasteiger partial charge is 0.481 e. The maximum Gasteiger partial charge on any atom is 0.304 e. The van der Waals surface area contributed by atoms with Gasteiger partial charge in [-0.3, -0.25) is 4.79 Å². The van der Waals surface area contributed by atoms with Gasteiger partial charge >= 0.3 is 5.97 Å². The molecule has 0 aromatic heterocycles. The number of aliphatic carboxylic acids is 1. The average Bonchev–Trinajstić information content (AvgIpc) is 2.25. The van der Waals surface area contributed by atoms with E-state index in [1.807, 2.05) is 25.1 Å². The second kappa shape index (κ2) is 7.30. The first-order chi connectivity index (χ1) is 7.68. The van der Waals surface area contributed by atoms with Crippen molar-refractivity contribution in [3.05, 3.63) is 30.3 Å². The van der Waals surface area contributed by atoms with E-state index in [-0.39, 0.29) is 12.5 Å². The summed E-state index contributed by atoms with van der Waals surface area (Å²) < 4.78 is 0. The van der Waals surface area contributed by atoms with Gasteiger partial charge in [-0.25, -0.2) is 0 Å². The number of benzene rings is 1. The Bertz CT molecular complexity index is 316. The van der Waals surface area contributed by atoms with Gasteiger partial charge in [0.1, 0.15) is 0 Å². The highest BCUT2D eigenvalue weighted by Gasteiger charge is 2.05. The number of hydrogen-bond acceptors (Lipinski definition) is 3. The van der Waals surface area contributed by atoms with Crippen molar-refractivity contribution in [2.24, 2.45) is 0 Å². The van der Waals surface area contributed by atoms with Crippen LogP contribution in [-0.4, -0.2) is 29.4 Å². The molecule has 0 aliphatic heterocycles. The van der Waals surface area contributed by atoms with Gasteiger partial charge in [0, 0.05) is 23.2 Å². The lowest BCUT2D eigenvalue weighted by atomic mass is 10.2. The molecule has 1 aromatic rings. The molecule has 3 nitrogen and oxygen atoms in total. The van der Waals surface area contributed by atoms with Gasteiger partial charge in [0.25, 0.3) is 0 Å². The van der Waals surface area contributed by atoms with Gasteiger partial charge in [-0.15, -0.1) is 11.8 Å². The number of nitrogens with one attached hydrogen (secondary N) is 1. The van der Waals surface area contributed by atoms with E-state index < -0.39 is 5.97 Å². The second-order valence-corrected chi connectivity index (χ2v) is 4.78. The van der Waals surface area contributed by atoms with Crippen molar-refractivity contribution < 1.29 is 9.90 Å². The molecule has 88 valence electrons. The zero-order valence-electron chi connectivity index (χ0n) is 9.35. The molecule has 4 heteroatoms. The van der Waals surface area contributed by atoms with Crippen LogP contribution < -0.4 is 5.32 Å². The number of carboxylic acids is 1.